The summed E-state index contributed by atoms with van der Waals surface area (Å²) >= 11 is 1.57. The first-order valence-corrected chi connectivity index (χ1v) is 9.60. The van der Waals surface area contributed by atoms with Crippen molar-refractivity contribution in [1.29, 1.82) is 0 Å². The van der Waals surface area contributed by atoms with Crippen LogP contribution >= 0.6 is 11.8 Å². The zero-order valence-corrected chi connectivity index (χ0v) is 16.2. The molecule has 27 heavy (non-hydrogen) atoms. The van der Waals surface area contributed by atoms with E-state index >= 15 is 0 Å². The van der Waals surface area contributed by atoms with Gasteiger partial charge in [0.1, 0.15) is 11.8 Å². The molecule has 142 valence electrons. The van der Waals surface area contributed by atoms with Crippen molar-refractivity contribution < 1.29 is 19.1 Å². The normalized spacial score (nSPS) is 11.8. The molecule has 2 aromatic rings. The minimum absolute atomic E-state index is 0.346. The summed E-state index contributed by atoms with van der Waals surface area (Å²) in [5, 5.41) is 2.70. The van der Waals surface area contributed by atoms with Gasteiger partial charge in [0.25, 0.3) is 0 Å². The summed E-state index contributed by atoms with van der Waals surface area (Å²) in [7, 11) is 2.91. The molecule has 1 atom stereocenters. The monoisotopic (exact) mass is 385 g/mol. The van der Waals surface area contributed by atoms with E-state index in [0.29, 0.717) is 5.75 Å². The molecular formula is C21H23NO4S. The number of carbonyl (C=O) groups excluding carboxylic acids is 2. The number of ether oxygens (including phenoxy) is 2. The minimum Gasteiger partial charge on any atom is -0.497 e. The first-order chi connectivity index (χ1) is 13.1. The third-order valence-electron chi connectivity index (χ3n) is 3.74. The Hall–Kier alpha value is -2.73. The highest BCUT2D eigenvalue weighted by Gasteiger charge is 2.20. The molecule has 0 aromatic heterocycles. The van der Waals surface area contributed by atoms with E-state index in [1.165, 1.54) is 13.2 Å². The van der Waals surface area contributed by atoms with E-state index in [1.807, 2.05) is 54.6 Å². The predicted molar refractivity (Wildman–Crippen MR) is 109 cm³/mol. The van der Waals surface area contributed by atoms with Crippen LogP contribution in [0, 0.1) is 0 Å². The molecule has 5 nitrogen and oxygen atoms in total. The zero-order valence-electron chi connectivity index (χ0n) is 15.4. The SMILES string of the molecule is COC(=O)[C@H](CSCc1ccccc1)NC(=O)/C=C/c1ccc(OC)cc1. The van der Waals surface area contributed by atoms with Crippen LogP contribution in [0.25, 0.3) is 6.08 Å². The van der Waals surface area contributed by atoms with Gasteiger partial charge in [-0.25, -0.2) is 4.79 Å². The Morgan fingerprint density at radius 2 is 1.78 bits per heavy atom. The van der Waals surface area contributed by atoms with Crippen molar-refractivity contribution >= 4 is 29.7 Å². The fraction of sp³-hybridized carbons (Fsp3) is 0.238. The Kier molecular flexibility index (Phi) is 8.45. The van der Waals surface area contributed by atoms with Gasteiger partial charge in [-0.15, -0.1) is 0 Å². The van der Waals surface area contributed by atoms with Gasteiger partial charge in [-0.3, -0.25) is 4.79 Å². The average Bonchev–Trinajstić information content (AvgIpc) is 2.72. The van der Waals surface area contributed by atoms with E-state index in [9.17, 15) is 9.59 Å². The van der Waals surface area contributed by atoms with E-state index in [2.05, 4.69) is 5.32 Å². The Bertz CT molecular complexity index is 760. The Morgan fingerprint density at radius 1 is 1.07 bits per heavy atom. The molecule has 0 bridgehead atoms. The molecule has 1 amide bonds. The lowest BCUT2D eigenvalue weighted by Crippen LogP contribution is -2.42. The molecule has 0 spiro atoms. The molecule has 0 fully saturated rings. The first-order valence-electron chi connectivity index (χ1n) is 8.44. The lowest BCUT2D eigenvalue weighted by molar-refractivity contribution is -0.143. The Morgan fingerprint density at radius 3 is 2.41 bits per heavy atom. The van der Waals surface area contributed by atoms with Crippen LogP contribution < -0.4 is 10.1 Å². The van der Waals surface area contributed by atoms with Crippen LogP contribution in [-0.4, -0.2) is 37.9 Å². The van der Waals surface area contributed by atoms with E-state index in [4.69, 9.17) is 9.47 Å². The molecule has 6 heteroatoms. The van der Waals surface area contributed by atoms with Gasteiger partial charge in [-0.2, -0.15) is 11.8 Å². The fourth-order valence-corrected chi connectivity index (χ4v) is 3.29. The number of thioether (sulfide) groups is 1. The molecule has 1 N–H and O–H groups in total. The van der Waals surface area contributed by atoms with Gasteiger partial charge >= 0.3 is 5.97 Å². The van der Waals surface area contributed by atoms with Gasteiger partial charge in [-0.05, 0) is 29.3 Å². The van der Waals surface area contributed by atoms with Crippen molar-refractivity contribution in [3.63, 3.8) is 0 Å². The molecule has 0 aliphatic carbocycles. The summed E-state index contributed by atoms with van der Waals surface area (Å²) in [5.74, 6) is 1.14. The van der Waals surface area contributed by atoms with E-state index in [0.717, 1.165) is 22.6 Å². The highest BCUT2D eigenvalue weighted by atomic mass is 32.2. The molecule has 0 saturated carbocycles. The first kappa shape index (κ1) is 20.6. The van der Waals surface area contributed by atoms with Crippen molar-refractivity contribution in [1.82, 2.24) is 5.32 Å². The zero-order chi connectivity index (χ0) is 19.5. The smallest absolute Gasteiger partial charge is 0.329 e. The highest BCUT2D eigenvalue weighted by Crippen LogP contribution is 2.14. The number of nitrogens with one attached hydrogen (secondary N) is 1. The molecule has 0 radical (unpaired) electrons. The topological polar surface area (TPSA) is 64.6 Å². The third kappa shape index (κ3) is 7.19. The number of carbonyl (C=O) groups is 2. The highest BCUT2D eigenvalue weighted by molar-refractivity contribution is 7.98. The van der Waals surface area contributed by atoms with Crippen LogP contribution in [0.2, 0.25) is 0 Å². The van der Waals surface area contributed by atoms with Crippen LogP contribution in [0.1, 0.15) is 11.1 Å². The van der Waals surface area contributed by atoms with Crippen molar-refractivity contribution in [3.8, 4) is 5.75 Å². The minimum atomic E-state index is -0.697. The van der Waals surface area contributed by atoms with Crippen molar-refractivity contribution in [3.05, 3.63) is 71.8 Å². The number of benzene rings is 2. The largest absolute Gasteiger partial charge is 0.497 e. The summed E-state index contributed by atoms with van der Waals surface area (Å²) in [6.07, 6.45) is 3.08. The van der Waals surface area contributed by atoms with Crippen LogP contribution in [0.3, 0.4) is 0 Å². The second-order valence-electron chi connectivity index (χ2n) is 5.69. The summed E-state index contributed by atoms with van der Waals surface area (Å²) in [6.45, 7) is 0. The summed E-state index contributed by atoms with van der Waals surface area (Å²) in [6, 6.07) is 16.6. The van der Waals surface area contributed by atoms with Crippen molar-refractivity contribution in [2.24, 2.45) is 0 Å². The maximum absolute atomic E-state index is 12.2. The Labute approximate surface area is 163 Å². The summed E-state index contributed by atoms with van der Waals surface area (Å²) in [4.78, 5) is 24.1. The van der Waals surface area contributed by atoms with Gasteiger partial charge in [0.15, 0.2) is 0 Å². The summed E-state index contributed by atoms with van der Waals surface area (Å²) < 4.78 is 9.90. The number of esters is 1. The standard InChI is InChI=1S/C21H23NO4S/c1-25-18-11-8-16(9-12-18)10-13-20(23)22-19(21(24)26-2)15-27-14-17-6-4-3-5-7-17/h3-13,19H,14-15H2,1-2H3,(H,22,23)/b13-10+/t19-/m0/s1. The van der Waals surface area contributed by atoms with Gasteiger partial charge in [0.05, 0.1) is 14.2 Å². The van der Waals surface area contributed by atoms with Crippen molar-refractivity contribution in [2.45, 2.75) is 11.8 Å². The second-order valence-corrected chi connectivity index (χ2v) is 6.72. The number of methoxy groups -OCH3 is 2. The average molecular weight is 385 g/mol. The van der Waals surface area contributed by atoms with Crippen LogP contribution in [0.15, 0.2) is 60.7 Å². The quantitative estimate of drug-likeness (QED) is 0.530. The molecule has 0 aliphatic rings. The fourth-order valence-electron chi connectivity index (χ4n) is 2.29. The molecule has 0 aliphatic heterocycles. The van der Waals surface area contributed by atoms with Crippen molar-refractivity contribution in [2.75, 3.05) is 20.0 Å². The Balaban J connectivity index is 1.88. The van der Waals surface area contributed by atoms with Crippen LogP contribution in [0.5, 0.6) is 5.75 Å². The third-order valence-corrected chi connectivity index (χ3v) is 4.85. The molecule has 2 rings (SSSR count). The maximum atomic E-state index is 12.2. The second kappa shape index (κ2) is 11.1. The lowest BCUT2D eigenvalue weighted by Gasteiger charge is -2.15. The lowest BCUT2D eigenvalue weighted by atomic mass is 10.2. The van der Waals surface area contributed by atoms with Gasteiger partial charge < -0.3 is 14.8 Å². The van der Waals surface area contributed by atoms with Gasteiger partial charge in [0, 0.05) is 17.6 Å². The number of hydrogen-bond acceptors (Lipinski definition) is 5. The predicted octanol–water partition coefficient (Wildman–Crippen LogP) is 3.30. The number of rotatable bonds is 9. The molecule has 0 saturated heterocycles. The number of hydrogen-bond donors (Lipinski definition) is 1. The maximum Gasteiger partial charge on any atom is 0.329 e. The van der Waals surface area contributed by atoms with Crippen LogP contribution in [-0.2, 0) is 20.1 Å². The van der Waals surface area contributed by atoms with E-state index < -0.39 is 12.0 Å². The van der Waals surface area contributed by atoms with Crippen LogP contribution in [0.4, 0.5) is 0 Å². The van der Waals surface area contributed by atoms with E-state index in [1.54, 1.807) is 24.9 Å². The van der Waals surface area contributed by atoms with E-state index in [-0.39, 0.29) is 5.91 Å². The van der Waals surface area contributed by atoms with Gasteiger partial charge in [0.2, 0.25) is 5.91 Å². The molecular weight excluding hydrogens is 362 g/mol. The molecule has 0 unspecified atom stereocenters. The number of amides is 1. The molecule has 2 aromatic carbocycles. The summed E-state index contributed by atoms with van der Waals surface area (Å²) in [5.41, 5.74) is 2.02. The molecule has 0 heterocycles. The van der Waals surface area contributed by atoms with Gasteiger partial charge in [-0.1, -0.05) is 42.5 Å².